The lowest BCUT2D eigenvalue weighted by atomic mass is 10.2. The van der Waals surface area contributed by atoms with Crippen LogP contribution in [0.1, 0.15) is 31.2 Å². The van der Waals surface area contributed by atoms with E-state index >= 15 is 0 Å². The number of hydrogen-bond donors (Lipinski definition) is 2. The highest BCUT2D eigenvalue weighted by Crippen LogP contribution is 2.25. The summed E-state index contributed by atoms with van der Waals surface area (Å²) in [7, 11) is 0. The van der Waals surface area contributed by atoms with Gasteiger partial charge < -0.3 is 10.6 Å². The Kier molecular flexibility index (Phi) is 4.78. The first kappa shape index (κ1) is 13.6. The van der Waals surface area contributed by atoms with Gasteiger partial charge in [0.25, 0.3) is 0 Å². The van der Waals surface area contributed by atoms with Gasteiger partial charge in [-0.15, -0.1) is 0 Å². The molecule has 1 aliphatic rings. The molecule has 0 spiro atoms. The van der Waals surface area contributed by atoms with Crippen molar-refractivity contribution in [2.45, 2.75) is 38.6 Å². The first-order valence-corrected chi connectivity index (χ1v) is 7.24. The summed E-state index contributed by atoms with van der Waals surface area (Å²) in [5, 5.41) is 6.24. The minimum Gasteiger partial charge on any atom is -0.324 e. The van der Waals surface area contributed by atoms with E-state index in [-0.39, 0.29) is 5.91 Å². The first-order chi connectivity index (χ1) is 8.66. The van der Waals surface area contributed by atoms with E-state index < -0.39 is 0 Å². The maximum Gasteiger partial charge on any atom is 0.238 e. The Morgan fingerprint density at radius 2 is 2.11 bits per heavy atom. The highest BCUT2D eigenvalue weighted by atomic mass is 79.9. The molecule has 1 aromatic carbocycles. The van der Waals surface area contributed by atoms with Gasteiger partial charge in [0.1, 0.15) is 0 Å². The van der Waals surface area contributed by atoms with Gasteiger partial charge in [-0.1, -0.05) is 25.0 Å². The van der Waals surface area contributed by atoms with Gasteiger partial charge in [0.15, 0.2) is 0 Å². The van der Waals surface area contributed by atoms with Gasteiger partial charge in [0.05, 0.1) is 12.2 Å². The van der Waals surface area contributed by atoms with Crippen LogP contribution in [0.3, 0.4) is 0 Å². The summed E-state index contributed by atoms with van der Waals surface area (Å²) < 4.78 is 0.958. The molecule has 0 atom stereocenters. The van der Waals surface area contributed by atoms with Crippen molar-refractivity contribution >= 4 is 27.5 Å². The molecule has 4 heteroatoms. The minimum atomic E-state index is 0.0215. The molecule has 2 N–H and O–H groups in total. The number of carbonyl (C=O) groups excluding carboxylic acids is 1. The largest absolute Gasteiger partial charge is 0.324 e. The summed E-state index contributed by atoms with van der Waals surface area (Å²) in [6.45, 7) is 2.40. The van der Waals surface area contributed by atoms with E-state index in [1.807, 2.05) is 25.1 Å². The predicted molar refractivity (Wildman–Crippen MR) is 77.8 cm³/mol. The molecular formula is C14H19BrN2O. The van der Waals surface area contributed by atoms with Gasteiger partial charge >= 0.3 is 0 Å². The SMILES string of the molecule is Cc1cccc(NC(=O)CNC2CCCC2)c1Br. The molecule has 2 rings (SSSR count). The fourth-order valence-corrected chi connectivity index (χ4v) is 2.67. The molecule has 1 amide bonds. The maximum absolute atomic E-state index is 11.8. The Bertz CT molecular complexity index is 428. The molecule has 0 saturated heterocycles. The normalized spacial score (nSPS) is 15.9. The molecule has 0 aliphatic heterocycles. The van der Waals surface area contributed by atoms with E-state index in [1.54, 1.807) is 0 Å². The average molecular weight is 311 g/mol. The quantitative estimate of drug-likeness (QED) is 0.896. The number of aryl methyl sites for hydroxylation is 1. The summed E-state index contributed by atoms with van der Waals surface area (Å²) in [6.07, 6.45) is 4.95. The Balaban J connectivity index is 1.84. The first-order valence-electron chi connectivity index (χ1n) is 6.45. The van der Waals surface area contributed by atoms with Gasteiger partial charge in [-0.2, -0.15) is 0 Å². The van der Waals surface area contributed by atoms with E-state index in [0.717, 1.165) is 15.7 Å². The molecule has 0 unspecified atom stereocenters. The summed E-state index contributed by atoms with van der Waals surface area (Å²) in [5.74, 6) is 0.0215. The second kappa shape index (κ2) is 6.34. The molecule has 1 aromatic rings. The molecule has 98 valence electrons. The molecule has 0 bridgehead atoms. The van der Waals surface area contributed by atoms with Crippen molar-refractivity contribution in [3.63, 3.8) is 0 Å². The van der Waals surface area contributed by atoms with E-state index in [1.165, 1.54) is 25.7 Å². The molecule has 0 heterocycles. The zero-order valence-electron chi connectivity index (χ0n) is 10.6. The molecule has 18 heavy (non-hydrogen) atoms. The minimum absolute atomic E-state index is 0.0215. The van der Waals surface area contributed by atoms with Crippen LogP contribution in [-0.4, -0.2) is 18.5 Å². The fraction of sp³-hybridized carbons (Fsp3) is 0.500. The highest BCUT2D eigenvalue weighted by Gasteiger charge is 2.15. The second-order valence-electron chi connectivity index (χ2n) is 4.85. The van der Waals surface area contributed by atoms with Crippen molar-refractivity contribution in [3.8, 4) is 0 Å². The third-order valence-corrected chi connectivity index (χ3v) is 4.42. The molecule has 3 nitrogen and oxygen atoms in total. The molecular weight excluding hydrogens is 292 g/mol. The lowest BCUT2D eigenvalue weighted by molar-refractivity contribution is -0.115. The Hall–Kier alpha value is -0.870. The van der Waals surface area contributed by atoms with Crippen LogP contribution in [0.15, 0.2) is 22.7 Å². The van der Waals surface area contributed by atoms with Crippen LogP contribution >= 0.6 is 15.9 Å². The number of hydrogen-bond acceptors (Lipinski definition) is 2. The van der Waals surface area contributed by atoms with Crippen LogP contribution in [0.2, 0.25) is 0 Å². The lowest BCUT2D eigenvalue weighted by Crippen LogP contribution is -2.34. The number of rotatable bonds is 4. The Labute approximate surface area is 116 Å². The number of benzene rings is 1. The van der Waals surface area contributed by atoms with Crippen LogP contribution in [-0.2, 0) is 4.79 Å². The Morgan fingerprint density at radius 1 is 1.39 bits per heavy atom. The zero-order chi connectivity index (χ0) is 13.0. The van der Waals surface area contributed by atoms with Gasteiger partial charge in [-0.25, -0.2) is 0 Å². The number of anilines is 1. The standard InChI is InChI=1S/C14H19BrN2O/c1-10-5-4-8-12(14(10)15)17-13(18)9-16-11-6-2-3-7-11/h4-5,8,11,16H,2-3,6-7,9H2,1H3,(H,17,18). The van der Waals surface area contributed by atoms with E-state index in [0.29, 0.717) is 12.6 Å². The molecule has 0 aromatic heterocycles. The summed E-state index contributed by atoms with van der Waals surface area (Å²) in [4.78, 5) is 11.8. The van der Waals surface area contributed by atoms with Crippen molar-refractivity contribution in [2.75, 3.05) is 11.9 Å². The number of amides is 1. The van der Waals surface area contributed by atoms with Gasteiger partial charge in [0.2, 0.25) is 5.91 Å². The molecule has 1 fully saturated rings. The van der Waals surface area contributed by atoms with Crippen LogP contribution in [0.25, 0.3) is 0 Å². The Morgan fingerprint density at radius 3 is 2.83 bits per heavy atom. The summed E-state index contributed by atoms with van der Waals surface area (Å²) in [5.41, 5.74) is 1.96. The zero-order valence-corrected chi connectivity index (χ0v) is 12.2. The monoisotopic (exact) mass is 310 g/mol. The van der Waals surface area contributed by atoms with Crippen molar-refractivity contribution in [1.82, 2.24) is 5.32 Å². The van der Waals surface area contributed by atoms with Crippen molar-refractivity contribution < 1.29 is 4.79 Å². The van der Waals surface area contributed by atoms with Crippen LogP contribution < -0.4 is 10.6 Å². The maximum atomic E-state index is 11.8. The topological polar surface area (TPSA) is 41.1 Å². The van der Waals surface area contributed by atoms with Crippen LogP contribution in [0.4, 0.5) is 5.69 Å². The van der Waals surface area contributed by atoms with Crippen molar-refractivity contribution in [2.24, 2.45) is 0 Å². The van der Waals surface area contributed by atoms with Gasteiger partial charge in [-0.3, -0.25) is 4.79 Å². The third kappa shape index (κ3) is 3.56. The molecule has 1 saturated carbocycles. The fourth-order valence-electron chi connectivity index (χ4n) is 2.31. The highest BCUT2D eigenvalue weighted by molar-refractivity contribution is 9.10. The van der Waals surface area contributed by atoms with Crippen LogP contribution in [0, 0.1) is 6.92 Å². The molecule has 0 radical (unpaired) electrons. The predicted octanol–water partition coefficient (Wildman–Crippen LogP) is 3.23. The summed E-state index contributed by atoms with van der Waals surface area (Å²) >= 11 is 3.49. The van der Waals surface area contributed by atoms with E-state index in [9.17, 15) is 4.79 Å². The number of carbonyl (C=O) groups is 1. The average Bonchev–Trinajstić information content (AvgIpc) is 2.86. The summed E-state index contributed by atoms with van der Waals surface area (Å²) in [6, 6.07) is 6.39. The van der Waals surface area contributed by atoms with E-state index in [2.05, 4.69) is 26.6 Å². The third-order valence-electron chi connectivity index (χ3n) is 3.37. The number of halogens is 1. The number of nitrogens with one attached hydrogen (secondary N) is 2. The van der Waals surface area contributed by atoms with Gasteiger partial charge in [0, 0.05) is 10.5 Å². The molecule has 1 aliphatic carbocycles. The second-order valence-corrected chi connectivity index (χ2v) is 5.64. The van der Waals surface area contributed by atoms with Crippen molar-refractivity contribution in [3.05, 3.63) is 28.2 Å². The van der Waals surface area contributed by atoms with Gasteiger partial charge in [-0.05, 0) is 47.3 Å². The lowest BCUT2D eigenvalue weighted by Gasteiger charge is -2.13. The smallest absolute Gasteiger partial charge is 0.238 e. The van der Waals surface area contributed by atoms with E-state index in [4.69, 9.17) is 0 Å². The van der Waals surface area contributed by atoms with Crippen molar-refractivity contribution in [1.29, 1.82) is 0 Å². The van der Waals surface area contributed by atoms with Crippen LogP contribution in [0.5, 0.6) is 0 Å².